The summed E-state index contributed by atoms with van der Waals surface area (Å²) in [6.07, 6.45) is 0. The second kappa shape index (κ2) is 3.05. The summed E-state index contributed by atoms with van der Waals surface area (Å²) in [4.78, 5) is 0. The van der Waals surface area contributed by atoms with Crippen LogP contribution in [0, 0.1) is 0 Å². The monoisotopic (exact) mass is 197 g/mol. The van der Waals surface area contributed by atoms with Crippen molar-refractivity contribution in [3.8, 4) is 0 Å². The fourth-order valence-electron chi connectivity index (χ4n) is 1.27. The van der Waals surface area contributed by atoms with E-state index in [1.165, 1.54) is 10.1 Å². The lowest BCUT2D eigenvalue weighted by molar-refractivity contribution is 1.09. The van der Waals surface area contributed by atoms with Crippen molar-refractivity contribution >= 4 is 33.0 Å². The van der Waals surface area contributed by atoms with Gasteiger partial charge in [-0.1, -0.05) is 23.7 Å². The molecule has 0 saturated heterocycles. The minimum absolute atomic E-state index is 0.574. The molecule has 12 heavy (non-hydrogen) atoms. The van der Waals surface area contributed by atoms with Gasteiger partial charge in [-0.25, -0.2) is 0 Å². The molecule has 0 amide bonds. The van der Waals surface area contributed by atoms with Gasteiger partial charge < -0.3 is 5.73 Å². The average Bonchev–Trinajstić information content (AvgIpc) is 2.44. The van der Waals surface area contributed by atoms with Crippen LogP contribution in [-0.4, -0.2) is 0 Å². The maximum atomic E-state index is 5.89. The number of nitrogens with two attached hydrogens (primary N) is 1. The zero-order valence-electron chi connectivity index (χ0n) is 6.38. The molecule has 0 unspecified atom stereocenters. The van der Waals surface area contributed by atoms with Crippen molar-refractivity contribution in [2.75, 3.05) is 0 Å². The van der Waals surface area contributed by atoms with Crippen molar-refractivity contribution in [1.29, 1.82) is 0 Å². The van der Waals surface area contributed by atoms with Crippen molar-refractivity contribution < 1.29 is 0 Å². The van der Waals surface area contributed by atoms with Crippen LogP contribution in [0.3, 0.4) is 0 Å². The van der Waals surface area contributed by atoms with Crippen molar-refractivity contribution in [2.24, 2.45) is 5.73 Å². The largest absolute Gasteiger partial charge is 0.326 e. The van der Waals surface area contributed by atoms with E-state index in [9.17, 15) is 0 Å². The Morgan fingerprint density at radius 1 is 1.42 bits per heavy atom. The van der Waals surface area contributed by atoms with E-state index in [4.69, 9.17) is 17.3 Å². The first-order chi connectivity index (χ1) is 5.81. The highest BCUT2D eigenvalue weighted by Gasteiger charge is 2.02. The molecular formula is C9H8ClNS. The molecule has 0 aliphatic carbocycles. The lowest BCUT2D eigenvalue weighted by Crippen LogP contribution is -1.95. The predicted molar refractivity (Wildman–Crippen MR) is 54.7 cm³/mol. The molecule has 2 N–H and O–H groups in total. The molecule has 0 radical (unpaired) electrons. The zero-order valence-corrected chi connectivity index (χ0v) is 7.95. The summed E-state index contributed by atoms with van der Waals surface area (Å²) in [5.41, 5.74) is 6.75. The minimum atomic E-state index is 0.574. The van der Waals surface area contributed by atoms with E-state index in [1.807, 2.05) is 18.2 Å². The van der Waals surface area contributed by atoms with Crippen LogP contribution in [0.15, 0.2) is 24.3 Å². The van der Waals surface area contributed by atoms with E-state index in [1.54, 1.807) is 11.3 Å². The smallest absolute Gasteiger partial charge is 0.0940 e. The molecule has 0 fully saturated rings. The SMILES string of the molecule is NCc1cccc2sc(Cl)cc12. The molecule has 0 saturated carbocycles. The molecule has 0 bridgehead atoms. The molecule has 0 spiro atoms. The van der Waals surface area contributed by atoms with Gasteiger partial charge in [0.25, 0.3) is 0 Å². The Morgan fingerprint density at radius 2 is 2.25 bits per heavy atom. The van der Waals surface area contributed by atoms with Crippen LogP contribution in [0.25, 0.3) is 10.1 Å². The van der Waals surface area contributed by atoms with Gasteiger partial charge in [-0.2, -0.15) is 0 Å². The Kier molecular flexibility index (Phi) is 2.05. The summed E-state index contributed by atoms with van der Waals surface area (Å²) >= 11 is 7.48. The van der Waals surface area contributed by atoms with Gasteiger partial charge in [-0.05, 0) is 23.1 Å². The van der Waals surface area contributed by atoms with Crippen LogP contribution >= 0.6 is 22.9 Å². The summed E-state index contributed by atoms with van der Waals surface area (Å²) in [5.74, 6) is 0. The number of halogens is 1. The summed E-state index contributed by atoms with van der Waals surface area (Å²) in [7, 11) is 0. The molecule has 1 heterocycles. The van der Waals surface area contributed by atoms with Crippen LogP contribution in [-0.2, 0) is 6.54 Å². The fourth-order valence-corrected chi connectivity index (χ4v) is 2.46. The first-order valence-electron chi connectivity index (χ1n) is 3.68. The third-order valence-corrected chi connectivity index (χ3v) is 3.07. The molecule has 1 aromatic heterocycles. The van der Waals surface area contributed by atoms with Crippen LogP contribution in [0.5, 0.6) is 0 Å². The summed E-state index contributed by atoms with van der Waals surface area (Å²) < 4.78 is 2.04. The highest BCUT2D eigenvalue weighted by molar-refractivity contribution is 7.22. The topological polar surface area (TPSA) is 26.0 Å². The number of rotatable bonds is 1. The van der Waals surface area contributed by atoms with Crippen LogP contribution in [0.2, 0.25) is 4.34 Å². The molecular weight excluding hydrogens is 190 g/mol. The summed E-state index contributed by atoms with van der Waals surface area (Å²) in [6.45, 7) is 0.574. The maximum absolute atomic E-state index is 5.89. The van der Waals surface area contributed by atoms with Gasteiger partial charge >= 0.3 is 0 Å². The van der Waals surface area contributed by atoms with Gasteiger partial charge in [-0.3, -0.25) is 0 Å². The zero-order chi connectivity index (χ0) is 8.55. The van der Waals surface area contributed by atoms with E-state index in [-0.39, 0.29) is 0 Å². The second-order valence-corrected chi connectivity index (χ2v) is 4.30. The van der Waals surface area contributed by atoms with Crippen molar-refractivity contribution in [3.63, 3.8) is 0 Å². The van der Waals surface area contributed by atoms with Crippen molar-refractivity contribution in [3.05, 3.63) is 34.2 Å². The quantitative estimate of drug-likeness (QED) is 0.748. The van der Waals surface area contributed by atoms with E-state index >= 15 is 0 Å². The summed E-state index contributed by atoms with van der Waals surface area (Å²) in [5, 5.41) is 1.19. The van der Waals surface area contributed by atoms with Gasteiger partial charge in [0.05, 0.1) is 4.34 Å². The highest BCUT2D eigenvalue weighted by Crippen LogP contribution is 2.31. The van der Waals surface area contributed by atoms with Gasteiger partial charge in [0.1, 0.15) is 0 Å². The van der Waals surface area contributed by atoms with Crippen LogP contribution in [0.4, 0.5) is 0 Å². The van der Waals surface area contributed by atoms with Gasteiger partial charge in [0, 0.05) is 11.2 Å². The first-order valence-corrected chi connectivity index (χ1v) is 4.87. The Balaban J connectivity index is 2.78. The van der Waals surface area contributed by atoms with Crippen LogP contribution in [0.1, 0.15) is 5.56 Å². The minimum Gasteiger partial charge on any atom is -0.326 e. The highest BCUT2D eigenvalue weighted by atomic mass is 35.5. The Labute approximate surface area is 79.8 Å². The third-order valence-electron chi connectivity index (χ3n) is 1.84. The lowest BCUT2D eigenvalue weighted by Gasteiger charge is -1.96. The standard InChI is InChI=1S/C9H8ClNS/c10-9-4-7-6(5-11)2-1-3-8(7)12-9/h1-4H,5,11H2. The van der Waals surface area contributed by atoms with Gasteiger partial charge in [0.15, 0.2) is 0 Å². The fraction of sp³-hybridized carbons (Fsp3) is 0.111. The Hall–Kier alpha value is -0.570. The Bertz CT molecular complexity index is 408. The van der Waals surface area contributed by atoms with E-state index in [0.717, 1.165) is 9.90 Å². The second-order valence-electron chi connectivity index (χ2n) is 2.58. The van der Waals surface area contributed by atoms with Crippen LogP contribution < -0.4 is 5.73 Å². The Morgan fingerprint density at radius 3 is 3.00 bits per heavy atom. The maximum Gasteiger partial charge on any atom is 0.0940 e. The molecule has 0 atom stereocenters. The summed E-state index contributed by atoms with van der Waals surface area (Å²) in [6, 6.07) is 8.08. The molecule has 3 heteroatoms. The lowest BCUT2D eigenvalue weighted by atomic mass is 10.1. The number of hydrogen-bond donors (Lipinski definition) is 1. The average molecular weight is 198 g/mol. The molecule has 0 aliphatic rings. The predicted octanol–water partition coefficient (Wildman–Crippen LogP) is 3.01. The molecule has 2 aromatic rings. The number of hydrogen-bond acceptors (Lipinski definition) is 2. The molecule has 62 valence electrons. The molecule has 1 nitrogen and oxygen atoms in total. The van der Waals surface area contributed by atoms with Crippen molar-refractivity contribution in [2.45, 2.75) is 6.54 Å². The first kappa shape index (κ1) is 8.05. The number of benzene rings is 1. The molecule has 0 aliphatic heterocycles. The third kappa shape index (κ3) is 1.22. The number of thiophene rings is 1. The van der Waals surface area contributed by atoms with Crippen molar-refractivity contribution in [1.82, 2.24) is 0 Å². The van der Waals surface area contributed by atoms with Gasteiger partial charge in [0.2, 0.25) is 0 Å². The van der Waals surface area contributed by atoms with E-state index in [0.29, 0.717) is 6.54 Å². The van der Waals surface area contributed by atoms with E-state index < -0.39 is 0 Å². The molecule has 2 rings (SSSR count). The van der Waals surface area contributed by atoms with E-state index in [2.05, 4.69) is 6.07 Å². The molecule has 1 aromatic carbocycles. The van der Waals surface area contributed by atoms with Gasteiger partial charge in [-0.15, -0.1) is 11.3 Å². The number of fused-ring (bicyclic) bond motifs is 1. The normalized spacial score (nSPS) is 10.8.